The summed E-state index contributed by atoms with van der Waals surface area (Å²) in [5, 5.41) is 0. The van der Waals surface area contributed by atoms with Crippen molar-refractivity contribution in [1.29, 1.82) is 0 Å². The van der Waals surface area contributed by atoms with Gasteiger partial charge in [-0.05, 0) is 55.5 Å². The van der Waals surface area contributed by atoms with E-state index in [0.717, 1.165) is 19.3 Å². The third kappa shape index (κ3) is 2.84. The molecule has 0 atom stereocenters. The molecule has 1 aromatic carbocycles. The summed E-state index contributed by atoms with van der Waals surface area (Å²) in [5.41, 5.74) is 5.36. The van der Waals surface area contributed by atoms with Crippen LogP contribution < -0.4 is 5.73 Å². The van der Waals surface area contributed by atoms with E-state index in [1.807, 2.05) is 0 Å². The Morgan fingerprint density at radius 2 is 1.82 bits per heavy atom. The van der Waals surface area contributed by atoms with Gasteiger partial charge in [-0.1, -0.05) is 0 Å². The Labute approximate surface area is 101 Å². The number of halogens is 1. The number of rotatable bonds is 5. The van der Waals surface area contributed by atoms with Crippen molar-refractivity contribution in [2.45, 2.75) is 24.2 Å². The van der Waals surface area contributed by atoms with E-state index in [0.29, 0.717) is 6.54 Å². The van der Waals surface area contributed by atoms with Crippen LogP contribution in [0.15, 0.2) is 29.2 Å². The Bertz CT molecular complexity index is 492. The third-order valence-electron chi connectivity index (χ3n) is 3.30. The average molecular weight is 257 g/mol. The van der Waals surface area contributed by atoms with E-state index >= 15 is 0 Å². The summed E-state index contributed by atoms with van der Waals surface area (Å²) in [7, 11) is -3.32. The molecule has 2 N–H and O–H groups in total. The number of sulfone groups is 1. The molecule has 0 aromatic heterocycles. The summed E-state index contributed by atoms with van der Waals surface area (Å²) in [6.45, 7) is 0.513. The molecule has 1 saturated carbocycles. The Morgan fingerprint density at radius 1 is 1.24 bits per heavy atom. The minimum absolute atomic E-state index is 0.123. The first-order chi connectivity index (χ1) is 7.97. The summed E-state index contributed by atoms with van der Waals surface area (Å²) in [6, 6.07) is 5.00. The van der Waals surface area contributed by atoms with Gasteiger partial charge in [0.05, 0.1) is 10.6 Å². The van der Waals surface area contributed by atoms with Crippen LogP contribution >= 0.6 is 0 Å². The molecular formula is C12H16FNO2S. The quantitative estimate of drug-likeness (QED) is 0.817. The highest BCUT2D eigenvalue weighted by Crippen LogP contribution is 2.50. The van der Waals surface area contributed by atoms with Crippen molar-refractivity contribution in [3.05, 3.63) is 30.1 Å². The highest BCUT2D eigenvalue weighted by Gasteiger charge is 2.45. The molecule has 3 nitrogen and oxygen atoms in total. The summed E-state index contributed by atoms with van der Waals surface area (Å²) >= 11 is 0. The molecule has 0 heterocycles. The zero-order chi connectivity index (χ0) is 12.5. The van der Waals surface area contributed by atoms with Crippen molar-refractivity contribution < 1.29 is 12.8 Å². The van der Waals surface area contributed by atoms with E-state index < -0.39 is 15.7 Å². The van der Waals surface area contributed by atoms with Crippen LogP contribution in [0.5, 0.6) is 0 Å². The molecule has 1 aliphatic carbocycles. The molecule has 0 saturated heterocycles. The molecule has 94 valence electrons. The van der Waals surface area contributed by atoms with Crippen molar-refractivity contribution in [2.24, 2.45) is 11.1 Å². The van der Waals surface area contributed by atoms with Gasteiger partial charge in [0, 0.05) is 0 Å². The van der Waals surface area contributed by atoms with Crippen LogP contribution in [-0.4, -0.2) is 20.7 Å². The molecular weight excluding hydrogens is 241 g/mol. The van der Waals surface area contributed by atoms with Gasteiger partial charge >= 0.3 is 0 Å². The maximum absolute atomic E-state index is 12.7. The van der Waals surface area contributed by atoms with Gasteiger partial charge in [-0.25, -0.2) is 12.8 Å². The van der Waals surface area contributed by atoms with E-state index in [4.69, 9.17) is 5.73 Å². The molecule has 1 aliphatic rings. The second-order valence-corrected chi connectivity index (χ2v) is 6.74. The van der Waals surface area contributed by atoms with Gasteiger partial charge in [0.1, 0.15) is 5.82 Å². The summed E-state index contributed by atoms with van der Waals surface area (Å²) in [5.74, 6) is -0.296. The fourth-order valence-electron chi connectivity index (χ4n) is 2.08. The van der Waals surface area contributed by atoms with Crippen LogP contribution in [0.1, 0.15) is 19.3 Å². The van der Waals surface area contributed by atoms with Gasteiger partial charge in [-0.15, -0.1) is 0 Å². The largest absolute Gasteiger partial charge is 0.330 e. The summed E-state index contributed by atoms with van der Waals surface area (Å²) in [4.78, 5) is 0.196. The summed E-state index contributed by atoms with van der Waals surface area (Å²) in [6.07, 6.45) is 2.59. The predicted molar refractivity (Wildman–Crippen MR) is 63.8 cm³/mol. The van der Waals surface area contributed by atoms with Crippen LogP contribution in [-0.2, 0) is 9.84 Å². The molecule has 0 aliphatic heterocycles. The van der Waals surface area contributed by atoms with Crippen molar-refractivity contribution in [3.63, 3.8) is 0 Å². The molecule has 0 amide bonds. The zero-order valence-electron chi connectivity index (χ0n) is 9.52. The van der Waals surface area contributed by atoms with Crippen LogP contribution in [0.3, 0.4) is 0 Å². The van der Waals surface area contributed by atoms with Crippen LogP contribution in [0.2, 0.25) is 0 Å². The molecule has 0 bridgehead atoms. The average Bonchev–Trinajstić information content (AvgIpc) is 2.98. The van der Waals surface area contributed by atoms with Crippen LogP contribution in [0.25, 0.3) is 0 Å². The third-order valence-corrected chi connectivity index (χ3v) is 5.28. The predicted octanol–water partition coefficient (Wildman–Crippen LogP) is 1.73. The number of hydrogen-bond donors (Lipinski definition) is 1. The van der Waals surface area contributed by atoms with Gasteiger partial charge in [0.25, 0.3) is 0 Å². The van der Waals surface area contributed by atoms with Gasteiger partial charge < -0.3 is 5.73 Å². The van der Waals surface area contributed by atoms with Crippen molar-refractivity contribution in [2.75, 3.05) is 12.3 Å². The second kappa shape index (κ2) is 4.38. The minimum atomic E-state index is -3.32. The van der Waals surface area contributed by atoms with Gasteiger partial charge in [0.2, 0.25) is 0 Å². The Kier molecular flexibility index (Phi) is 3.23. The number of nitrogens with two attached hydrogens (primary N) is 1. The molecule has 1 fully saturated rings. The normalized spacial score (nSPS) is 18.0. The maximum atomic E-state index is 12.7. The molecule has 0 spiro atoms. The van der Waals surface area contributed by atoms with Gasteiger partial charge in [-0.3, -0.25) is 0 Å². The van der Waals surface area contributed by atoms with Crippen LogP contribution in [0, 0.1) is 11.2 Å². The Hall–Kier alpha value is -0.940. The highest BCUT2D eigenvalue weighted by atomic mass is 32.2. The topological polar surface area (TPSA) is 60.2 Å². The van der Waals surface area contributed by atoms with E-state index in [9.17, 15) is 12.8 Å². The second-order valence-electron chi connectivity index (χ2n) is 4.75. The van der Waals surface area contributed by atoms with Crippen LogP contribution in [0.4, 0.5) is 4.39 Å². The fraction of sp³-hybridized carbons (Fsp3) is 0.500. The van der Waals surface area contributed by atoms with Gasteiger partial charge in [0.15, 0.2) is 9.84 Å². The molecule has 17 heavy (non-hydrogen) atoms. The van der Waals surface area contributed by atoms with E-state index in [1.54, 1.807) is 0 Å². The molecule has 2 rings (SSSR count). The lowest BCUT2D eigenvalue weighted by atomic mass is 10.1. The highest BCUT2D eigenvalue weighted by molar-refractivity contribution is 7.91. The first-order valence-corrected chi connectivity index (χ1v) is 7.31. The smallest absolute Gasteiger partial charge is 0.178 e. The maximum Gasteiger partial charge on any atom is 0.178 e. The summed E-state index contributed by atoms with van der Waals surface area (Å²) < 4.78 is 37.0. The number of hydrogen-bond acceptors (Lipinski definition) is 3. The molecule has 0 unspecified atom stereocenters. The first kappa shape index (κ1) is 12.5. The van der Waals surface area contributed by atoms with E-state index in [2.05, 4.69) is 0 Å². The van der Waals surface area contributed by atoms with E-state index in [-0.39, 0.29) is 16.1 Å². The van der Waals surface area contributed by atoms with E-state index in [1.165, 1.54) is 24.3 Å². The zero-order valence-corrected chi connectivity index (χ0v) is 10.3. The van der Waals surface area contributed by atoms with Crippen molar-refractivity contribution in [3.8, 4) is 0 Å². The Morgan fingerprint density at radius 3 is 2.29 bits per heavy atom. The molecule has 0 radical (unpaired) electrons. The lowest BCUT2D eigenvalue weighted by Gasteiger charge is -2.14. The minimum Gasteiger partial charge on any atom is -0.330 e. The molecule has 1 aromatic rings. The van der Waals surface area contributed by atoms with Crippen molar-refractivity contribution >= 4 is 9.84 Å². The van der Waals surface area contributed by atoms with Crippen molar-refractivity contribution in [1.82, 2.24) is 0 Å². The molecule has 5 heteroatoms. The number of benzene rings is 1. The Balaban J connectivity index is 2.17. The SMILES string of the molecule is NCCC1(CS(=O)(=O)c2ccc(F)cc2)CC1. The van der Waals surface area contributed by atoms with Gasteiger partial charge in [-0.2, -0.15) is 0 Å². The monoisotopic (exact) mass is 257 g/mol. The standard InChI is InChI=1S/C12H16FNO2S/c13-10-1-3-11(4-2-10)17(15,16)9-12(5-6-12)7-8-14/h1-4H,5-9,14H2. The fourth-order valence-corrected chi connectivity index (χ4v) is 4.03. The lowest BCUT2D eigenvalue weighted by Crippen LogP contribution is -2.20. The lowest BCUT2D eigenvalue weighted by molar-refractivity contribution is 0.510. The first-order valence-electron chi connectivity index (χ1n) is 5.66.